The molecule has 0 atom stereocenters. The molecule has 0 aliphatic carbocycles. The molecule has 21 heavy (non-hydrogen) atoms. The van der Waals surface area contributed by atoms with Gasteiger partial charge < -0.3 is 0 Å². The Kier molecular flexibility index (Phi) is 4.73. The summed E-state index contributed by atoms with van der Waals surface area (Å²) in [5.41, 5.74) is 3.96. The molecule has 2 rings (SSSR count). The standard InChI is InChI=1S/C18H22N2O/c1-13(2)15-9-5-7-11-17(15)20(19-21)18-12-8-6-10-16(18)14(3)4/h5-14H,1-4H3. The molecular formula is C18H22N2O. The second-order valence-electron chi connectivity index (χ2n) is 5.82. The van der Waals surface area contributed by atoms with E-state index in [0.29, 0.717) is 11.8 Å². The first-order chi connectivity index (χ1) is 10.1. The number of para-hydroxylation sites is 2. The highest BCUT2D eigenvalue weighted by molar-refractivity contribution is 5.69. The van der Waals surface area contributed by atoms with Gasteiger partial charge in [-0.15, -0.1) is 4.91 Å². The summed E-state index contributed by atoms with van der Waals surface area (Å²) in [5, 5.41) is 4.82. The van der Waals surface area contributed by atoms with Crippen LogP contribution in [0.3, 0.4) is 0 Å². The first-order valence-corrected chi connectivity index (χ1v) is 7.37. The first-order valence-electron chi connectivity index (χ1n) is 7.37. The van der Waals surface area contributed by atoms with Crippen LogP contribution in [0.2, 0.25) is 0 Å². The van der Waals surface area contributed by atoms with Crippen molar-refractivity contribution in [3.63, 3.8) is 0 Å². The maximum Gasteiger partial charge on any atom is 0.0719 e. The number of hydrogen-bond donors (Lipinski definition) is 0. The smallest absolute Gasteiger partial charge is 0.0719 e. The second-order valence-corrected chi connectivity index (χ2v) is 5.82. The summed E-state index contributed by atoms with van der Waals surface area (Å²) < 4.78 is 0. The number of nitroso groups, excluding NO2 is 1. The lowest BCUT2D eigenvalue weighted by atomic mass is 9.98. The number of rotatable bonds is 5. The van der Waals surface area contributed by atoms with Crippen LogP contribution in [0.4, 0.5) is 11.4 Å². The van der Waals surface area contributed by atoms with Crippen molar-refractivity contribution in [1.82, 2.24) is 0 Å². The summed E-state index contributed by atoms with van der Waals surface area (Å²) in [6.45, 7) is 8.48. The van der Waals surface area contributed by atoms with Crippen molar-refractivity contribution in [3.05, 3.63) is 64.6 Å². The van der Waals surface area contributed by atoms with Crippen LogP contribution in [0.25, 0.3) is 0 Å². The van der Waals surface area contributed by atoms with Crippen molar-refractivity contribution in [1.29, 1.82) is 0 Å². The predicted octanol–water partition coefficient (Wildman–Crippen LogP) is 5.75. The van der Waals surface area contributed by atoms with Gasteiger partial charge in [-0.2, -0.15) is 5.01 Å². The quantitative estimate of drug-likeness (QED) is 0.516. The third-order valence-electron chi connectivity index (χ3n) is 3.66. The van der Waals surface area contributed by atoms with Crippen LogP contribution in [0.15, 0.2) is 53.8 Å². The minimum atomic E-state index is 0.330. The van der Waals surface area contributed by atoms with Gasteiger partial charge in [0.15, 0.2) is 0 Å². The van der Waals surface area contributed by atoms with Crippen LogP contribution in [0.1, 0.15) is 50.7 Å². The van der Waals surface area contributed by atoms with E-state index in [1.807, 2.05) is 36.4 Å². The molecule has 0 amide bonds. The fourth-order valence-electron chi connectivity index (χ4n) is 2.55. The summed E-state index contributed by atoms with van der Waals surface area (Å²) >= 11 is 0. The lowest BCUT2D eigenvalue weighted by Gasteiger charge is -2.24. The molecule has 0 heterocycles. The molecule has 0 N–H and O–H groups in total. The highest BCUT2D eigenvalue weighted by atomic mass is 16.3. The van der Waals surface area contributed by atoms with Gasteiger partial charge in [-0.3, -0.25) is 0 Å². The van der Waals surface area contributed by atoms with E-state index in [-0.39, 0.29) is 0 Å². The zero-order valence-corrected chi connectivity index (χ0v) is 13.1. The van der Waals surface area contributed by atoms with Gasteiger partial charge in [-0.1, -0.05) is 64.1 Å². The van der Waals surface area contributed by atoms with Gasteiger partial charge >= 0.3 is 0 Å². The van der Waals surface area contributed by atoms with Crippen LogP contribution in [0.5, 0.6) is 0 Å². The van der Waals surface area contributed by atoms with E-state index in [4.69, 9.17) is 0 Å². The van der Waals surface area contributed by atoms with Gasteiger partial charge in [0.2, 0.25) is 0 Å². The van der Waals surface area contributed by atoms with Crippen molar-refractivity contribution in [2.75, 3.05) is 5.01 Å². The van der Waals surface area contributed by atoms with E-state index in [2.05, 4.69) is 45.1 Å². The minimum Gasteiger partial charge on any atom is -0.197 e. The molecule has 0 unspecified atom stereocenters. The molecule has 3 heteroatoms. The zero-order chi connectivity index (χ0) is 15.4. The van der Waals surface area contributed by atoms with E-state index in [0.717, 1.165) is 22.5 Å². The molecule has 0 aliphatic rings. The van der Waals surface area contributed by atoms with Crippen molar-refractivity contribution < 1.29 is 0 Å². The third kappa shape index (κ3) is 3.13. The van der Waals surface area contributed by atoms with E-state index in [1.165, 1.54) is 5.01 Å². The van der Waals surface area contributed by atoms with Gasteiger partial charge in [0.05, 0.1) is 16.7 Å². The Bertz CT molecular complexity index is 569. The lowest BCUT2D eigenvalue weighted by molar-refractivity contribution is 0.841. The topological polar surface area (TPSA) is 32.7 Å². The van der Waals surface area contributed by atoms with E-state index >= 15 is 0 Å². The average Bonchev–Trinajstić information content (AvgIpc) is 2.48. The van der Waals surface area contributed by atoms with Gasteiger partial charge in [-0.05, 0) is 35.1 Å². The van der Waals surface area contributed by atoms with Gasteiger partial charge in [-0.25, -0.2) is 0 Å². The Morgan fingerprint density at radius 3 is 1.48 bits per heavy atom. The maximum atomic E-state index is 11.5. The number of benzene rings is 2. The fraction of sp³-hybridized carbons (Fsp3) is 0.333. The first kappa shape index (κ1) is 15.2. The molecule has 2 aromatic rings. The molecular weight excluding hydrogens is 260 g/mol. The SMILES string of the molecule is CC(C)c1ccccc1N(N=O)c1ccccc1C(C)C. The van der Waals surface area contributed by atoms with Gasteiger partial charge in [0.25, 0.3) is 0 Å². The number of hydrogen-bond acceptors (Lipinski definition) is 2. The van der Waals surface area contributed by atoms with Gasteiger partial charge in [0, 0.05) is 0 Å². The lowest BCUT2D eigenvalue weighted by Crippen LogP contribution is -2.13. The third-order valence-corrected chi connectivity index (χ3v) is 3.66. The molecule has 110 valence electrons. The summed E-state index contributed by atoms with van der Waals surface area (Å²) in [6.07, 6.45) is 0. The van der Waals surface area contributed by atoms with Crippen LogP contribution >= 0.6 is 0 Å². The summed E-state index contributed by atoms with van der Waals surface area (Å²) in [7, 11) is 0. The van der Waals surface area contributed by atoms with Crippen LogP contribution in [-0.2, 0) is 0 Å². The molecule has 0 aromatic heterocycles. The molecule has 0 fully saturated rings. The molecule has 0 saturated heterocycles. The normalized spacial score (nSPS) is 11.0. The van der Waals surface area contributed by atoms with E-state index in [9.17, 15) is 4.91 Å². The molecule has 0 saturated carbocycles. The average molecular weight is 282 g/mol. The van der Waals surface area contributed by atoms with Crippen molar-refractivity contribution >= 4 is 11.4 Å². The summed E-state index contributed by atoms with van der Waals surface area (Å²) in [4.78, 5) is 11.5. The Hall–Kier alpha value is -2.16. The Balaban J connectivity index is 2.58. The van der Waals surface area contributed by atoms with Gasteiger partial charge in [0.1, 0.15) is 0 Å². The molecule has 3 nitrogen and oxygen atoms in total. The summed E-state index contributed by atoms with van der Waals surface area (Å²) in [6, 6.07) is 15.9. The van der Waals surface area contributed by atoms with Crippen LogP contribution < -0.4 is 5.01 Å². The Morgan fingerprint density at radius 2 is 1.14 bits per heavy atom. The predicted molar refractivity (Wildman–Crippen MR) is 89.0 cm³/mol. The van der Waals surface area contributed by atoms with E-state index < -0.39 is 0 Å². The zero-order valence-electron chi connectivity index (χ0n) is 13.1. The molecule has 2 aromatic carbocycles. The van der Waals surface area contributed by atoms with E-state index in [1.54, 1.807) is 0 Å². The molecule has 0 aliphatic heterocycles. The van der Waals surface area contributed by atoms with Crippen molar-refractivity contribution in [2.24, 2.45) is 5.29 Å². The Labute approximate surface area is 126 Å². The molecule has 0 radical (unpaired) electrons. The maximum absolute atomic E-state index is 11.5. The molecule has 0 spiro atoms. The summed E-state index contributed by atoms with van der Waals surface area (Å²) in [5.74, 6) is 0.660. The van der Waals surface area contributed by atoms with Crippen LogP contribution in [0, 0.1) is 4.91 Å². The van der Waals surface area contributed by atoms with Crippen molar-refractivity contribution in [3.8, 4) is 0 Å². The molecule has 0 bridgehead atoms. The monoisotopic (exact) mass is 282 g/mol. The fourth-order valence-corrected chi connectivity index (χ4v) is 2.55. The number of anilines is 2. The second kappa shape index (κ2) is 6.53. The largest absolute Gasteiger partial charge is 0.197 e. The highest BCUT2D eigenvalue weighted by Gasteiger charge is 2.19. The van der Waals surface area contributed by atoms with Crippen molar-refractivity contribution in [2.45, 2.75) is 39.5 Å². The Morgan fingerprint density at radius 1 is 0.762 bits per heavy atom. The van der Waals surface area contributed by atoms with Crippen LogP contribution in [-0.4, -0.2) is 0 Å². The number of nitrogens with zero attached hydrogens (tertiary/aromatic N) is 2. The minimum absolute atomic E-state index is 0.330. The highest BCUT2D eigenvalue weighted by Crippen LogP contribution is 2.36.